The molecule has 0 heterocycles. The van der Waals surface area contributed by atoms with Crippen molar-refractivity contribution in [2.75, 3.05) is 5.32 Å². The number of anilines is 1. The van der Waals surface area contributed by atoms with Gasteiger partial charge in [0.05, 0.1) is 0 Å². The Morgan fingerprint density at radius 1 is 1.08 bits per heavy atom. The largest absolute Gasteiger partial charge is 0.507 e. The molecule has 0 unspecified atom stereocenters. The minimum atomic E-state index is -0.446. The van der Waals surface area contributed by atoms with Crippen LogP contribution in [-0.2, 0) is 4.79 Å². The summed E-state index contributed by atoms with van der Waals surface area (Å²) in [5.74, 6) is -0.219. The van der Waals surface area contributed by atoms with Crippen molar-refractivity contribution in [1.82, 2.24) is 0 Å². The van der Waals surface area contributed by atoms with Crippen molar-refractivity contribution in [1.29, 1.82) is 5.26 Å². The molecule has 4 nitrogen and oxygen atoms in total. The van der Waals surface area contributed by atoms with E-state index in [-0.39, 0.29) is 11.3 Å². The first-order chi connectivity index (χ1) is 11.3. The molecule has 2 rings (SSSR count). The van der Waals surface area contributed by atoms with Gasteiger partial charge in [-0.05, 0) is 73.7 Å². The Hall–Kier alpha value is -3.06. The summed E-state index contributed by atoms with van der Waals surface area (Å²) in [6, 6.07) is 11.2. The van der Waals surface area contributed by atoms with Gasteiger partial charge in [0.2, 0.25) is 0 Å². The second-order valence-electron chi connectivity index (χ2n) is 5.89. The number of aromatic hydroxyl groups is 1. The van der Waals surface area contributed by atoms with Crippen molar-refractivity contribution in [3.8, 4) is 11.8 Å². The first-order valence-electron chi connectivity index (χ1n) is 7.63. The molecule has 0 spiro atoms. The highest BCUT2D eigenvalue weighted by Crippen LogP contribution is 2.25. The van der Waals surface area contributed by atoms with Gasteiger partial charge in [0, 0.05) is 5.69 Å². The molecule has 0 fully saturated rings. The van der Waals surface area contributed by atoms with Gasteiger partial charge >= 0.3 is 0 Å². The van der Waals surface area contributed by atoms with E-state index in [2.05, 4.69) is 5.32 Å². The molecular weight excluding hydrogens is 300 g/mol. The van der Waals surface area contributed by atoms with Crippen LogP contribution in [0, 0.1) is 39.0 Å². The van der Waals surface area contributed by atoms with Crippen molar-refractivity contribution >= 4 is 17.7 Å². The van der Waals surface area contributed by atoms with Crippen molar-refractivity contribution in [2.24, 2.45) is 0 Å². The molecule has 122 valence electrons. The Morgan fingerprint density at radius 2 is 1.62 bits per heavy atom. The van der Waals surface area contributed by atoms with Gasteiger partial charge in [0.1, 0.15) is 17.4 Å². The summed E-state index contributed by atoms with van der Waals surface area (Å²) in [7, 11) is 0. The van der Waals surface area contributed by atoms with Crippen LogP contribution in [-0.4, -0.2) is 11.0 Å². The van der Waals surface area contributed by atoms with Crippen LogP contribution in [0.25, 0.3) is 6.08 Å². The number of rotatable bonds is 3. The molecular formula is C20H20N2O2. The van der Waals surface area contributed by atoms with Gasteiger partial charge in [-0.15, -0.1) is 0 Å². The Bertz CT molecular complexity index is 830. The molecule has 2 aromatic rings. The number of carbonyl (C=O) groups excluding carboxylic acids is 1. The summed E-state index contributed by atoms with van der Waals surface area (Å²) < 4.78 is 0. The monoisotopic (exact) mass is 320 g/mol. The third-order valence-electron chi connectivity index (χ3n) is 3.91. The molecule has 0 aliphatic carbocycles. The summed E-state index contributed by atoms with van der Waals surface area (Å²) in [5, 5.41) is 22.0. The number of phenolic OH excluding ortho intramolecular Hbond substituents is 1. The number of hydrogen-bond donors (Lipinski definition) is 2. The summed E-state index contributed by atoms with van der Waals surface area (Å²) in [6.45, 7) is 7.38. The first kappa shape index (κ1) is 17.3. The summed E-state index contributed by atoms with van der Waals surface area (Å²) >= 11 is 0. The van der Waals surface area contributed by atoms with Crippen LogP contribution in [0.15, 0.2) is 35.9 Å². The number of nitrogens with one attached hydrogen (secondary N) is 1. The minimum absolute atomic E-state index is 0.0159. The van der Waals surface area contributed by atoms with Gasteiger partial charge in [-0.1, -0.05) is 18.2 Å². The number of aryl methyl sites for hydroxylation is 4. The lowest BCUT2D eigenvalue weighted by molar-refractivity contribution is -0.112. The normalized spacial score (nSPS) is 11.0. The maximum atomic E-state index is 12.4. The first-order valence-corrected chi connectivity index (χ1v) is 7.63. The van der Waals surface area contributed by atoms with Crippen LogP contribution < -0.4 is 5.32 Å². The number of phenols is 1. The number of nitrogens with zero attached hydrogens (tertiary/aromatic N) is 1. The topological polar surface area (TPSA) is 73.1 Å². The zero-order valence-electron chi connectivity index (χ0n) is 14.3. The number of para-hydroxylation sites is 1. The van der Waals surface area contributed by atoms with Gasteiger partial charge in [-0.25, -0.2) is 0 Å². The second kappa shape index (κ2) is 7.01. The molecule has 0 bridgehead atoms. The van der Waals surface area contributed by atoms with Crippen LogP contribution in [0.3, 0.4) is 0 Å². The van der Waals surface area contributed by atoms with Gasteiger partial charge < -0.3 is 10.4 Å². The molecule has 0 saturated carbocycles. The van der Waals surface area contributed by atoms with Crippen molar-refractivity contribution < 1.29 is 9.90 Å². The van der Waals surface area contributed by atoms with Crippen LogP contribution in [0.2, 0.25) is 0 Å². The molecule has 0 radical (unpaired) electrons. The lowest BCUT2D eigenvalue weighted by Crippen LogP contribution is -2.15. The van der Waals surface area contributed by atoms with E-state index in [0.717, 1.165) is 16.8 Å². The highest BCUT2D eigenvalue weighted by molar-refractivity contribution is 6.10. The molecule has 0 atom stereocenters. The Balaban J connectivity index is 2.35. The fourth-order valence-electron chi connectivity index (χ4n) is 2.58. The Labute approximate surface area is 142 Å². The van der Waals surface area contributed by atoms with Gasteiger partial charge in [-0.3, -0.25) is 4.79 Å². The standard InChI is InChI=1S/C20H20N2O2/c1-12-6-5-7-13(2)18(12)22-20(24)17(11-21)10-16-8-14(3)19(23)15(4)9-16/h5-10,23H,1-4H3,(H,22,24)/b17-10+. The third-order valence-corrected chi connectivity index (χ3v) is 3.91. The van der Waals surface area contributed by atoms with Crippen LogP contribution in [0.4, 0.5) is 5.69 Å². The van der Waals surface area contributed by atoms with Gasteiger partial charge in [-0.2, -0.15) is 5.26 Å². The molecule has 0 aliphatic heterocycles. The number of hydrogen-bond acceptors (Lipinski definition) is 3. The number of benzene rings is 2. The van der Waals surface area contributed by atoms with E-state index in [4.69, 9.17) is 0 Å². The summed E-state index contributed by atoms with van der Waals surface area (Å²) in [6.07, 6.45) is 1.53. The third kappa shape index (κ3) is 3.64. The van der Waals surface area contributed by atoms with Gasteiger partial charge in [0.15, 0.2) is 0 Å². The van der Waals surface area contributed by atoms with Crippen molar-refractivity contribution in [2.45, 2.75) is 27.7 Å². The minimum Gasteiger partial charge on any atom is -0.507 e. The van der Waals surface area contributed by atoms with Crippen LogP contribution >= 0.6 is 0 Å². The molecule has 2 N–H and O–H groups in total. The molecule has 2 aromatic carbocycles. The highest BCUT2D eigenvalue weighted by atomic mass is 16.3. The van der Waals surface area contributed by atoms with Crippen molar-refractivity contribution in [3.05, 3.63) is 63.7 Å². The predicted octanol–water partition coefficient (Wildman–Crippen LogP) is 4.17. The summed E-state index contributed by atoms with van der Waals surface area (Å²) in [5.41, 5.74) is 4.73. The van der Waals surface area contributed by atoms with E-state index in [1.54, 1.807) is 26.0 Å². The van der Waals surface area contributed by atoms with E-state index >= 15 is 0 Å². The van der Waals surface area contributed by atoms with E-state index < -0.39 is 5.91 Å². The second-order valence-corrected chi connectivity index (χ2v) is 5.89. The average Bonchev–Trinajstić information content (AvgIpc) is 2.53. The van der Waals surface area contributed by atoms with Gasteiger partial charge in [0.25, 0.3) is 5.91 Å². The number of carbonyl (C=O) groups is 1. The molecule has 4 heteroatoms. The molecule has 0 aliphatic rings. The summed E-state index contributed by atoms with van der Waals surface area (Å²) in [4.78, 5) is 12.4. The lowest BCUT2D eigenvalue weighted by atomic mass is 10.0. The molecule has 0 aromatic heterocycles. The van der Waals surface area contributed by atoms with Crippen LogP contribution in [0.1, 0.15) is 27.8 Å². The predicted molar refractivity (Wildman–Crippen MR) is 95.7 cm³/mol. The molecule has 0 saturated heterocycles. The average molecular weight is 320 g/mol. The maximum Gasteiger partial charge on any atom is 0.266 e. The lowest BCUT2D eigenvalue weighted by Gasteiger charge is -2.11. The number of nitriles is 1. The SMILES string of the molecule is Cc1cc(/C=C(\C#N)C(=O)Nc2c(C)cccc2C)cc(C)c1O. The Morgan fingerprint density at radius 3 is 2.12 bits per heavy atom. The van der Waals surface area contributed by atoms with E-state index in [0.29, 0.717) is 16.7 Å². The van der Waals surface area contributed by atoms with E-state index in [9.17, 15) is 15.2 Å². The smallest absolute Gasteiger partial charge is 0.266 e. The number of amides is 1. The molecule has 1 amide bonds. The van der Waals surface area contributed by atoms with E-state index in [1.165, 1.54) is 6.08 Å². The quantitative estimate of drug-likeness (QED) is 0.658. The highest BCUT2D eigenvalue weighted by Gasteiger charge is 2.13. The Kier molecular flexibility index (Phi) is 5.05. The zero-order valence-corrected chi connectivity index (χ0v) is 14.3. The fraction of sp³-hybridized carbons (Fsp3) is 0.200. The van der Waals surface area contributed by atoms with Crippen LogP contribution in [0.5, 0.6) is 5.75 Å². The fourth-order valence-corrected chi connectivity index (χ4v) is 2.58. The zero-order chi connectivity index (χ0) is 17.9. The van der Waals surface area contributed by atoms with Crippen molar-refractivity contribution in [3.63, 3.8) is 0 Å². The van der Waals surface area contributed by atoms with E-state index in [1.807, 2.05) is 38.1 Å². The molecule has 24 heavy (non-hydrogen) atoms. The maximum absolute atomic E-state index is 12.4.